The zero-order valence-electron chi connectivity index (χ0n) is 16.3. The summed E-state index contributed by atoms with van der Waals surface area (Å²) in [6.07, 6.45) is 0.988. The van der Waals surface area contributed by atoms with Crippen molar-refractivity contribution < 1.29 is 9.59 Å². The van der Waals surface area contributed by atoms with Crippen LogP contribution in [0.25, 0.3) is 0 Å². The van der Waals surface area contributed by atoms with Crippen LogP contribution in [0.3, 0.4) is 0 Å². The number of nitrogens with zero attached hydrogens (tertiary/aromatic N) is 1. The summed E-state index contributed by atoms with van der Waals surface area (Å²) >= 11 is 0. The molecule has 2 amide bonds. The van der Waals surface area contributed by atoms with Gasteiger partial charge in [-0.25, -0.2) is 0 Å². The summed E-state index contributed by atoms with van der Waals surface area (Å²) in [6.45, 7) is 2.01. The third-order valence-electron chi connectivity index (χ3n) is 7.12. The standard InChI is InChI=1S/C26H21NO2/c1-16-10-12-17(13-11-16)27-23(28)15-26(25(27)29)14-22-18-6-2-4-8-20(18)24(26)21-9-5-3-7-19(21)22/h2-13,22,24H,14-15H2,1H3. The van der Waals surface area contributed by atoms with Crippen molar-refractivity contribution in [1.82, 2.24) is 0 Å². The molecule has 1 atom stereocenters. The molecule has 3 aliphatic carbocycles. The Morgan fingerprint density at radius 3 is 1.93 bits per heavy atom. The molecular formula is C26H21NO2. The van der Waals surface area contributed by atoms with Crippen molar-refractivity contribution in [3.63, 3.8) is 0 Å². The Hall–Kier alpha value is -3.20. The highest BCUT2D eigenvalue weighted by Crippen LogP contribution is 2.64. The predicted octanol–water partition coefficient (Wildman–Crippen LogP) is 4.93. The van der Waals surface area contributed by atoms with Gasteiger partial charge in [0.25, 0.3) is 0 Å². The second-order valence-electron chi connectivity index (χ2n) is 8.65. The van der Waals surface area contributed by atoms with Crippen LogP contribution in [0, 0.1) is 12.3 Å². The number of hydrogen-bond donors (Lipinski definition) is 0. The molecule has 4 aliphatic rings. The van der Waals surface area contributed by atoms with Crippen molar-refractivity contribution >= 4 is 17.5 Å². The largest absolute Gasteiger partial charge is 0.274 e. The van der Waals surface area contributed by atoms with Crippen molar-refractivity contribution in [2.45, 2.75) is 31.6 Å². The van der Waals surface area contributed by atoms with Crippen LogP contribution in [-0.2, 0) is 9.59 Å². The summed E-state index contributed by atoms with van der Waals surface area (Å²) in [5.74, 6) is -0.0133. The maximum absolute atomic E-state index is 13.9. The maximum Gasteiger partial charge on any atom is 0.241 e. The molecule has 3 nitrogen and oxygen atoms in total. The van der Waals surface area contributed by atoms with E-state index in [1.807, 2.05) is 31.2 Å². The van der Waals surface area contributed by atoms with Crippen LogP contribution in [0.15, 0.2) is 72.8 Å². The summed E-state index contributed by atoms with van der Waals surface area (Å²) < 4.78 is 0. The highest BCUT2D eigenvalue weighted by Gasteiger charge is 2.62. The molecule has 1 unspecified atom stereocenters. The van der Waals surface area contributed by atoms with Crippen LogP contribution in [-0.4, -0.2) is 11.8 Å². The topological polar surface area (TPSA) is 37.4 Å². The highest BCUT2D eigenvalue weighted by atomic mass is 16.2. The minimum absolute atomic E-state index is 0.0367. The Morgan fingerprint density at radius 2 is 1.34 bits per heavy atom. The SMILES string of the molecule is Cc1ccc(N2C(=O)CC3(CC4c5ccccc5C3c3ccccc34)C2=O)cc1. The van der Waals surface area contributed by atoms with Gasteiger partial charge in [0.2, 0.25) is 11.8 Å². The summed E-state index contributed by atoms with van der Waals surface area (Å²) in [6, 6.07) is 24.6. The Morgan fingerprint density at radius 1 is 0.793 bits per heavy atom. The summed E-state index contributed by atoms with van der Waals surface area (Å²) in [4.78, 5) is 28.5. The summed E-state index contributed by atoms with van der Waals surface area (Å²) in [5, 5.41) is 0. The molecule has 1 spiro atoms. The number of benzene rings is 3. The molecular weight excluding hydrogens is 358 g/mol. The molecule has 0 radical (unpaired) electrons. The van der Waals surface area contributed by atoms with Gasteiger partial charge in [-0.15, -0.1) is 0 Å². The second kappa shape index (κ2) is 5.66. The van der Waals surface area contributed by atoms with Gasteiger partial charge in [-0.2, -0.15) is 0 Å². The lowest BCUT2D eigenvalue weighted by Gasteiger charge is -2.50. The fourth-order valence-corrected chi connectivity index (χ4v) is 5.92. The first-order chi connectivity index (χ1) is 14.1. The van der Waals surface area contributed by atoms with Gasteiger partial charge in [0, 0.05) is 18.3 Å². The smallest absolute Gasteiger partial charge is 0.241 e. The number of hydrogen-bond acceptors (Lipinski definition) is 2. The fourth-order valence-electron chi connectivity index (χ4n) is 5.92. The number of anilines is 1. The van der Waals surface area contributed by atoms with E-state index in [1.165, 1.54) is 27.2 Å². The zero-order chi connectivity index (χ0) is 19.8. The van der Waals surface area contributed by atoms with E-state index in [-0.39, 0.29) is 30.1 Å². The van der Waals surface area contributed by atoms with Gasteiger partial charge in [-0.1, -0.05) is 66.2 Å². The third-order valence-corrected chi connectivity index (χ3v) is 7.12. The van der Waals surface area contributed by atoms with Crippen molar-refractivity contribution in [2.24, 2.45) is 5.41 Å². The molecule has 1 fully saturated rings. The molecule has 1 aliphatic heterocycles. The summed E-state index contributed by atoms with van der Waals surface area (Å²) in [7, 11) is 0. The molecule has 2 bridgehead atoms. The van der Waals surface area contributed by atoms with Gasteiger partial charge in [-0.3, -0.25) is 14.5 Å². The molecule has 29 heavy (non-hydrogen) atoms. The first-order valence-corrected chi connectivity index (χ1v) is 10.2. The number of carbonyl (C=O) groups excluding carboxylic acids is 2. The van der Waals surface area contributed by atoms with Crippen molar-refractivity contribution in [3.05, 3.63) is 101 Å². The zero-order valence-corrected chi connectivity index (χ0v) is 16.3. The van der Waals surface area contributed by atoms with Crippen molar-refractivity contribution in [2.75, 3.05) is 4.90 Å². The third kappa shape index (κ3) is 2.08. The van der Waals surface area contributed by atoms with E-state index in [4.69, 9.17) is 0 Å². The van der Waals surface area contributed by atoms with E-state index in [1.54, 1.807) is 0 Å². The van der Waals surface area contributed by atoms with E-state index in [9.17, 15) is 9.59 Å². The molecule has 0 saturated carbocycles. The molecule has 3 heteroatoms. The van der Waals surface area contributed by atoms with Gasteiger partial charge in [-0.05, 0) is 47.7 Å². The summed E-state index contributed by atoms with van der Waals surface area (Å²) in [5.41, 5.74) is 6.18. The van der Waals surface area contributed by atoms with E-state index in [0.717, 1.165) is 5.56 Å². The number of carbonyl (C=O) groups is 2. The van der Waals surface area contributed by atoms with Gasteiger partial charge in [0.15, 0.2) is 0 Å². The van der Waals surface area contributed by atoms with Crippen LogP contribution in [0.1, 0.15) is 52.5 Å². The first kappa shape index (κ1) is 16.7. The molecule has 7 rings (SSSR count). The van der Waals surface area contributed by atoms with Crippen LogP contribution >= 0.6 is 0 Å². The molecule has 3 aromatic rings. The predicted molar refractivity (Wildman–Crippen MR) is 112 cm³/mol. The quantitative estimate of drug-likeness (QED) is 0.563. The Labute approximate surface area is 170 Å². The molecule has 0 N–H and O–H groups in total. The van der Waals surface area contributed by atoms with Gasteiger partial charge < -0.3 is 0 Å². The van der Waals surface area contributed by atoms with Crippen molar-refractivity contribution in [3.8, 4) is 0 Å². The van der Waals surface area contributed by atoms with E-state index in [0.29, 0.717) is 12.1 Å². The monoisotopic (exact) mass is 379 g/mol. The van der Waals surface area contributed by atoms with Crippen molar-refractivity contribution in [1.29, 1.82) is 0 Å². The number of rotatable bonds is 1. The number of imide groups is 1. The van der Waals surface area contributed by atoms with Crippen LogP contribution in [0.2, 0.25) is 0 Å². The maximum atomic E-state index is 13.9. The van der Waals surface area contributed by atoms with Gasteiger partial charge in [0.05, 0.1) is 11.1 Å². The Kier molecular flexibility index (Phi) is 3.27. The number of amides is 2. The first-order valence-electron chi connectivity index (χ1n) is 10.2. The van der Waals surface area contributed by atoms with Gasteiger partial charge in [0.1, 0.15) is 0 Å². The molecule has 142 valence electrons. The average molecular weight is 379 g/mol. The Balaban J connectivity index is 1.54. The lowest BCUT2D eigenvalue weighted by atomic mass is 9.51. The van der Waals surface area contributed by atoms with Crippen LogP contribution in [0.4, 0.5) is 5.69 Å². The minimum atomic E-state index is -0.685. The fraction of sp³-hybridized carbons (Fsp3) is 0.231. The lowest BCUT2D eigenvalue weighted by molar-refractivity contribution is -0.127. The second-order valence-corrected chi connectivity index (χ2v) is 8.65. The normalized spacial score (nSPS) is 26.7. The highest BCUT2D eigenvalue weighted by molar-refractivity contribution is 6.23. The van der Waals surface area contributed by atoms with Crippen LogP contribution in [0.5, 0.6) is 0 Å². The lowest BCUT2D eigenvalue weighted by Crippen LogP contribution is -2.47. The molecule has 1 heterocycles. The van der Waals surface area contributed by atoms with E-state index in [2.05, 4.69) is 48.5 Å². The van der Waals surface area contributed by atoms with Crippen LogP contribution < -0.4 is 4.90 Å². The minimum Gasteiger partial charge on any atom is -0.274 e. The van der Waals surface area contributed by atoms with Gasteiger partial charge >= 0.3 is 0 Å². The molecule has 0 aromatic heterocycles. The number of aryl methyl sites for hydroxylation is 1. The Bertz CT molecular complexity index is 1130. The van der Waals surface area contributed by atoms with E-state index < -0.39 is 5.41 Å². The molecule has 1 saturated heterocycles. The molecule has 3 aromatic carbocycles. The van der Waals surface area contributed by atoms with E-state index >= 15 is 0 Å². The average Bonchev–Trinajstić information content (AvgIpc) is 2.98.